The van der Waals surface area contributed by atoms with E-state index in [4.69, 9.17) is 7.92 Å². The first kappa shape index (κ1) is 49.2. The number of aryl methyl sites for hydroxylation is 4. The molecule has 4 aromatic carbocycles. The van der Waals surface area contributed by atoms with E-state index in [1.165, 1.54) is 28.4 Å². The van der Waals surface area contributed by atoms with Crippen molar-refractivity contribution in [3.8, 4) is 22.6 Å². The Labute approximate surface area is 381 Å². The van der Waals surface area contributed by atoms with E-state index in [0.717, 1.165) is 85.0 Å². The Morgan fingerprint density at radius 1 is 0.710 bits per heavy atom. The number of aromatic hydroxyl groups is 1. The van der Waals surface area contributed by atoms with Gasteiger partial charge < -0.3 is 14.5 Å². The van der Waals surface area contributed by atoms with Crippen molar-refractivity contribution in [1.29, 1.82) is 0 Å². The summed E-state index contributed by atoms with van der Waals surface area (Å²) in [5.41, 5.74) is 12.7. The van der Waals surface area contributed by atoms with Crippen molar-refractivity contribution < 1.29 is 36.2 Å². The van der Waals surface area contributed by atoms with Crippen LogP contribution in [0.2, 0.25) is 18.1 Å². The average molecular weight is 942 g/mol. The molecule has 2 aliphatic rings. The van der Waals surface area contributed by atoms with Crippen molar-refractivity contribution in [2.24, 2.45) is 3.50 Å². The largest absolute Gasteiger partial charge is 0.665 e. The summed E-state index contributed by atoms with van der Waals surface area (Å²) in [6.45, 7) is 28.2. The predicted molar refractivity (Wildman–Crippen MR) is 256 cm³/mol. The molecule has 0 saturated carbocycles. The molecule has 0 saturated heterocycles. The molecule has 5 aromatic rings. The molecule has 0 fully saturated rings. The number of phenols is 1. The van der Waals surface area contributed by atoms with Crippen molar-refractivity contribution in [3.05, 3.63) is 135 Å². The van der Waals surface area contributed by atoms with Crippen molar-refractivity contribution in [2.45, 2.75) is 163 Å². The van der Waals surface area contributed by atoms with Gasteiger partial charge in [0.15, 0.2) is 17.4 Å². The maximum atomic E-state index is 15.6. The van der Waals surface area contributed by atoms with Gasteiger partial charge in [0.2, 0.25) is 0 Å². The van der Waals surface area contributed by atoms with Crippen LogP contribution in [0, 0.1) is 25.5 Å². The average Bonchev–Trinajstić information content (AvgIpc) is 3.60. The molecule has 2 aliphatic carbocycles. The summed E-state index contributed by atoms with van der Waals surface area (Å²) in [6, 6.07) is 24.5. The number of benzene rings is 4. The second-order valence-corrected chi connectivity index (χ2v) is 26.2. The standard InChI is InChI=1S/C26H34F2O2Si.C12H17N.C10H12.C6H8N.Mo/c1-26(2,3)31(4,5)30-25-21(28)15-17-11-7-9-13-19(17)23(25)22-18-12-8-6-10-16(18)14-20(27)24(22)29;1-8(2)10-6-5-7-11(9(3)4)12(10)13;1-10(2,3)9-7-5-4-6-8-9;1-5-3-4-6(2)7-5;/h14-15,29H,6-13H2,1-5H3;5-9H,1-4H3;1,4-8H,2-3H3;3-4H,1-2H3;/q;;;-1;. The SMILES string of the molecule is CC(C)(C)[Si](C)(C)Oc1c(F)cc2c(c1-c1c(O)c(F)cc3c1CCCC3)CCCC2.CC(C)c1cccc(C(C)C)c1[N]=[Mo]=[CH]C(C)(C)c1ccccc1.Cc1ccc(C)[n-]1. The number of aromatic nitrogens is 1. The van der Waals surface area contributed by atoms with Gasteiger partial charge in [0.05, 0.1) is 0 Å². The van der Waals surface area contributed by atoms with Gasteiger partial charge in [-0.3, -0.25) is 0 Å². The van der Waals surface area contributed by atoms with Crippen molar-refractivity contribution in [3.63, 3.8) is 0 Å². The van der Waals surface area contributed by atoms with E-state index in [-0.39, 0.29) is 22.0 Å². The summed E-state index contributed by atoms with van der Waals surface area (Å²) in [7, 11) is -2.37. The monoisotopic (exact) mass is 943 g/mol. The molecule has 0 radical (unpaired) electrons. The van der Waals surface area contributed by atoms with Gasteiger partial charge in [0.25, 0.3) is 8.32 Å². The fourth-order valence-corrected chi connectivity index (χ4v) is 11.0. The first-order chi connectivity index (χ1) is 29.1. The van der Waals surface area contributed by atoms with Crippen LogP contribution >= 0.6 is 0 Å². The number of rotatable bonds is 8. The third-order valence-electron chi connectivity index (χ3n) is 12.8. The fraction of sp³-hybridized carbons (Fsp3) is 0.463. The van der Waals surface area contributed by atoms with Crippen LogP contribution in [-0.2, 0) is 49.0 Å². The Morgan fingerprint density at radius 3 is 1.69 bits per heavy atom. The molecular weight excluding hydrogens is 871 g/mol. The summed E-state index contributed by atoms with van der Waals surface area (Å²) in [5, 5.41) is 10.8. The second-order valence-electron chi connectivity index (χ2n) is 19.9. The molecule has 0 aliphatic heterocycles. The minimum atomic E-state index is -2.37. The van der Waals surface area contributed by atoms with Crippen LogP contribution in [0.15, 0.2) is 76.3 Å². The van der Waals surface area contributed by atoms with Gasteiger partial charge in [0.1, 0.15) is 5.75 Å². The van der Waals surface area contributed by atoms with Gasteiger partial charge >= 0.3 is 156 Å². The van der Waals surface area contributed by atoms with Crippen LogP contribution in [0.3, 0.4) is 0 Å². The number of nitrogens with zero attached hydrogens (tertiary/aromatic N) is 2. The third kappa shape index (κ3) is 11.9. The molecule has 0 amide bonds. The maximum Gasteiger partial charge on any atom is -0.0607 e. The molecule has 0 atom stereocenters. The fourth-order valence-electron chi connectivity index (χ4n) is 8.11. The minimum Gasteiger partial charge on any atom is -0.665 e. The number of hydrogen-bond donors (Lipinski definition) is 1. The van der Waals surface area contributed by atoms with E-state index >= 15 is 4.39 Å². The Hall–Kier alpha value is -3.80. The van der Waals surface area contributed by atoms with Crippen molar-refractivity contribution in [2.75, 3.05) is 0 Å². The second kappa shape index (κ2) is 20.8. The molecule has 0 spiro atoms. The van der Waals surface area contributed by atoms with E-state index in [1.54, 1.807) is 6.07 Å². The van der Waals surface area contributed by atoms with Crippen LogP contribution in [0.4, 0.5) is 14.5 Å². The quantitative estimate of drug-likeness (QED) is 0.158. The molecule has 8 heteroatoms. The van der Waals surface area contributed by atoms with E-state index in [0.29, 0.717) is 23.0 Å². The molecular formula is C54H71F2MoN2O2Si-. The topological polar surface area (TPSA) is 55.9 Å². The van der Waals surface area contributed by atoms with E-state index in [9.17, 15) is 9.50 Å². The van der Waals surface area contributed by atoms with Crippen LogP contribution in [0.25, 0.3) is 11.1 Å². The number of hydrogen-bond acceptors (Lipinski definition) is 3. The number of halogens is 2. The predicted octanol–water partition coefficient (Wildman–Crippen LogP) is 15.4. The van der Waals surface area contributed by atoms with Crippen molar-refractivity contribution >= 4 is 18.4 Å². The van der Waals surface area contributed by atoms with Gasteiger partial charge in [-0.2, -0.15) is 11.4 Å². The maximum absolute atomic E-state index is 15.6. The van der Waals surface area contributed by atoms with Crippen LogP contribution < -0.4 is 9.41 Å². The molecule has 4 nitrogen and oxygen atoms in total. The molecule has 7 rings (SSSR count). The summed E-state index contributed by atoms with van der Waals surface area (Å²) < 4.78 is 44.6. The van der Waals surface area contributed by atoms with Crippen LogP contribution in [0.1, 0.15) is 150 Å². The molecule has 1 heterocycles. The zero-order valence-electron chi connectivity index (χ0n) is 39.7. The number of phenolic OH excluding ortho intramolecular Hbond substituents is 1. The van der Waals surface area contributed by atoms with Gasteiger partial charge in [0, 0.05) is 11.1 Å². The minimum absolute atomic E-state index is 0.0811. The summed E-state index contributed by atoms with van der Waals surface area (Å²) in [5.74, 6) is -0.148. The normalized spacial score (nSPS) is 13.9. The summed E-state index contributed by atoms with van der Waals surface area (Å²) >= 11 is -0.553. The zero-order chi connectivity index (χ0) is 45.6. The first-order valence-corrected chi connectivity index (χ1v) is 27.6. The van der Waals surface area contributed by atoms with Crippen LogP contribution in [-0.4, -0.2) is 17.8 Å². The Bertz CT molecular complexity index is 2340. The van der Waals surface area contributed by atoms with Crippen molar-refractivity contribution in [1.82, 2.24) is 4.98 Å². The van der Waals surface area contributed by atoms with Gasteiger partial charge in [-0.15, -0.1) is 0 Å². The molecule has 334 valence electrons. The van der Waals surface area contributed by atoms with Gasteiger partial charge in [-0.05, 0) is 104 Å². The Balaban J connectivity index is 0.000000207. The molecule has 1 aromatic heterocycles. The van der Waals surface area contributed by atoms with E-state index in [1.807, 2.05) is 26.0 Å². The Kier molecular flexibility index (Phi) is 16.5. The summed E-state index contributed by atoms with van der Waals surface area (Å²) in [6.07, 6.45) is 7.16. The van der Waals surface area contributed by atoms with E-state index in [2.05, 4.69) is 133 Å². The number of fused-ring (bicyclic) bond motifs is 2. The van der Waals surface area contributed by atoms with Gasteiger partial charge in [-0.1, -0.05) is 46.8 Å². The third-order valence-corrected chi connectivity index (χ3v) is 19.6. The van der Waals surface area contributed by atoms with Gasteiger partial charge in [-0.25, -0.2) is 8.78 Å². The summed E-state index contributed by atoms with van der Waals surface area (Å²) in [4.78, 5) is 4.11. The molecule has 0 unspecified atom stereocenters. The van der Waals surface area contributed by atoms with E-state index < -0.39 is 37.9 Å². The van der Waals surface area contributed by atoms with Crippen LogP contribution in [0.5, 0.6) is 11.5 Å². The smallest absolute Gasteiger partial charge is 0.0607 e. The zero-order valence-corrected chi connectivity index (χ0v) is 42.7. The molecule has 1 N–H and O–H groups in total. The molecule has 0 bridgehead atoms. The Morgan fingerprint density at radius 2 is 1.21 bits per heavy atom. The molecule has 62 heavy (non-hydrogen) atoms. The first-order valence-electron chi connectivity index (χ1n) is 22.7.